The van der Waals surface area contributed by atoms with E-state index in [4.69, 9.17) is 0 Å². The van der Waals surface area contributed by atoms with E-state index in [9.17, 15) is 20.1 Å². The minimum absolute atomic E-state index is 0.0340. The molecule has 0 aromatic rings. The molecule has 4 saturated carbocycles. The van der Waals surface area contributed by atoms with Crippen LogP contribution in [-0.2, 0) is 4.79 Å². The van der Waals surface area contributed by atoms with E-state index in [0.717, 1.165) is 44.9 Å². The molecule has 4 fully saturated rings. The Morgan fingerprint density at radius 1 is 1.00 bits per heavy atom. The molecule has 4 aliphatic carbocycles. The summed E-state index contributed by atoms with van der Waals surface area (Å²) >= 11 is 0. The zero-order valence-corrected chi connectivity index (χ0v) is 16.6. The van der Waals surface area contributed by atoms with Gasteiger partial charge in [0, 0.05) is 5.92 Å². The summed E-state index contributed by atoms with van der Waals surface area (Å²) in [7, 11) is 0. The normalized spacial score (nSPS) is 56.4. The molecule has 0 heterocycles. The number of hydrogen-bond donors (Lipinski definition) is 3. The predicted octanol–water partition coefficient (Wildman–Crippen LogP) is 2.93. The van der Waals surface area contributed by atoms with E-state index in [1.54, 1.807) is 0 Å². The van der Waals surface area contributed by atoms with Crippen LogP contribution in [0.4, 0.5) is 0 Å². The van der Waals surface area contributed by atoms with Crippen LogP contribution in [-0.4, -0.2) is 39.9 Å². The van der Waals surface area contributed by atoms with Gasteiger partial charge >= 0.3 is 0 Å². The van der Waals surface area contributed by atoms with Crippen LogP contribution >= 0.6 is 0 Å². The average Bonchev–Trinajstić information content (AvgIpc) is 2.91. The van der Waals surface area contributed by atoms with Crippen molar-refractivity contribution in [2.45, 2.75) is 84.3 Å². The van der Waals surface area contributed by atoms with Gasteiger partial charge in [-0.2, -0.15) is 0 Å². The molecule has 0 aromatic carbocycles. The van der Waals surface area contributed by atoms with Gasteiger partial charge in [-0.3, -0.25) is 4.79 Å². The Hall–Kier alpha value is -0.450. The van der Waals surface area contributed by atoms with E-state index >= 15 is 0 Å². The van der Waals surface area contributed by atoms with Gasteiger partial charge in [-0.25, -0.2) is 0 Å². The van der Waals surface area contributed by atoms with Crippen molar-refractivity contribution in [3.63, 3.8) is 0 Å². The van der Waals surface area contributed by atoms with Crippen molar-refractivity contribution in [1.29, 1.82) is 0 Å². The summed E-state index contributed by atoms with van der Waals surface area (Å²) in [5.74, 6) is 1.09. The summed E-state index contributed by atoms with van der Waals surface area (Å²) in [6.07, 6.45) is 6.92. The highest BCUT2D eigenvalue weighted by Gasteiger charge is 2.66. The summed E-state index contributed by atoms with van der Waals surface area (Å²) in [5, 5.41) is 31.0. The summed E-state index contributed by atoms with van der Waals surface area (Å²) in [5.41, 5.74) is -0.00682. The van der Waals surface area contributed by atoms with E-state index in [1.165, 1.54) is 0 Å². The topological polar surface area (TPSA) is 77.8 Å². The predicted molar refractivity (Wildman–Crippen MR) is 99.3 cm³/mol. The molecule has 0 saturated heterocycles. The van der Waals surface area contributed by atoms with Gasteiger partial charge in [0.2, 0.25) is 0 Å². The molecule has 0 bridgehead atoms. The molecule has 0 unspecified atom stereocenters. The Kier molecular flexibility index (Phi) is 4.38. The van der Waals surface area contributed by atoms with Gasteiger partial charge in [0.1, 0.15) is 6.61 Å². The number of aliphatic hydroxyl groups excluding tert-OH is 3. The van der Waals surface area contributed by atoms with Crippen LogP contribution in [0.5, 0.6) is 0 Å². The van der Waals surface area contributed by atoms with Crippen LogP contribution < -0.4 is 0 Å². The fourth-order valence-electron chi connectivity index (χ4n) is 8.36. The first-order valence-electron chi connectivity index (χ1n) is 10.7. The Morgan fingerprint density at radius 2 is 1.73 bits per heavy atom. The molecule has 4 nitrogen and oxygen atoms in total. The maximum atomic E-state index is 12.4. The smallest absolute Gasteiger partial charge is 0.161 e. The number of fused-ring (bicyclic) bond motifs is 5. The second-order valence-electron chi connectivity index (χ2n) is 10.7. The van der Waals surface area contributed by atoms with E-state index in [1.807, 2.05) is 0 Å². The lowest BCUT2D eigenvalue weighted by Crippen LogP contribution is -2.62. The fourth-order valence-corrected chi connectivity index (χ4v) is 8.36. The Balaban J connectivity index is 1.69. The average molecular weight is 365 g/mol. The minimum atomic E-state index is -0.381. The molecule has 4 aliphatic rings. The third-order valence-electron chi connectivity index (χ3n) is 9.82. The van der Waals surface area contributed by atoms with Crippen LogP contribution in [0.2, 0.25) is 0 Å². The lowest BCUT2D eigenvalue weighted by molar-refractivity contribution is -0.208. The second kappa shape index (κ2) is 6.02. The maximum absolute atomic E-state index is 12.4. The minimum Gasteiger partial charge on any atom is -0.393 e. The molecule has 26 heavy (non-hydrogen) atoms. The summed E-state index contributed by atoms with van der Waals surface area (Å²) in [6.45, 7) is 6.53. The molecule has 9 atom stereocenters. The van der Waals surface area contributed by atoms with Crippen molar-refractivity contribution < 1.29 is 20.1 Å². The first-order chi connectivity index (χ1) is 12.2. The van der Waals surface area contributed by atoms with Crippen LogP contribution in [0, 0.1) is 39.9 Å². The van der Waals surface area contributed by atoms with Gasteiger partial charge in [-0.05, 0) is 85.4 Å². The highest BCUT2D eigenvalue weighted by atomic mass is 16.3. The van der Waals surface area contributed by atoms with Crippen LogP contribution in [0.25, 0.3) is 0 Å². The number of hydrogen-bond acceptors (Lipinski definition) is 4. The standard InChI is InChI=1S/C22H36O4/c1-20-8-7-14-15-4-5-16(18(26)12-23)21(15,2)11-17(25)19(14)22(20,3)9-6-13(24)10-20/h13-17,19,23-25H,4-12H2,1-3H3/t13-,14+,15+,16-,17+,19-,20+,21+,22-/m1/s1. The van der Waals surface area contributed by atoms with Gasteiger partial charge in [-0.1, -0.05) is 20.8 Å². The Bertz CT molecular complexity index is 591. The molecular weight excluding hydrogens is 328 g/mol. The zero-order valence-electron chi connectivity index (χ0n) is 16.6. The van der Waals surface area contributed by atoms with E-state index < -0.39 is 0 Å². The number of aliphatic hydroxyl groups is 3. The van der Waals surface area contributed by atoms with Crippen molar-refractivity contribution in [1.82, 2.24) is 0 Å². The number of carbonyl (C=O) groups is 1. The van der Waals surface area contributed by atoms with Crippen molar-refractivity contribution in [2.75, 3.05) is 6.61 Å². The quantitative estimate of drug-likeness (QED) is 0.704. The molecule has 3 N–H and O–H groups in total. The van der Waals surface area contributed by atoms with Crippen molar-refractivity contribution in [3.8, 4) is 0 Å². The van der Waals surface area contributed by atoms with Gasteiger partial charge in [0.05, 0.1) is 12.2 Å². The van der Waals surface area contributed by atoms with Gasteiger partial charge < -0.3 is 15.3 Å². The summed E-state index contributed by atoms with van der Waals surface area (Å²) < 4.78 is 0. The Labute approximate surface area is 157 Å². The van der Waals surface area contributed by atoms with Gasteiger partial charge in [0.15, 0.2) is 5.78 Å². The number of carbonyl (C=O) groups excluding carboxylic acids is 1. The number of rotatable bonds is 2. The van der Waals surface area contributed by atoms with E-state index in [2.05, 4.69) is 20.8 Å². The molecule has 4 rings (SSSR count). The fraction of sp³-hybridized carbons (Fsp3) is 0.955. The van der Waals surface area contributed by atoms with E-state index in [0.29, 0.717) is 18.3 Å². The third-order valence-corrected chi connectivity index (χ3v) is 9.82. The molecule has 0 spiro atoms. The van der Waals surface area contributed by atoms with Crippen molar-refractivity contribution in [3.05, 3.63) is 0 Å². The van der Waals surface area contributed by atoms with E-state index in [-0.39, 0.29) is 52.7 Å². The largest absolute Gasteiger partial charge is 0.393 e. The van der Waals surface area contributed by atoms with Crippen molar-refractivity contribution >= 4 is 5.78 Å². The number of ketones is 1. The molecule has 4 heteroatoms. The molecular formula is C22H36O4. The van der Waals surface area contributed by atoms with Crippen LogP contribution in [0.1, 0.15) is 72.1 Å². The van der Waals surface area contributed by atoms with Crippen molar-refractivity contribution in [2.24, 2.45) is 39.9 Å². The molecule has 148 valence electrons. The highest BCUT2D eigenvalue weighted by Crippen LogP contribution is 2.70. The van der Waals surface area contributed by atoms with Crippen LogP contribution in [0.15, 0.2) is 0 Å². The Morgan fingerprint density at radius 3 is 2.42 bits per heavy atom. The van der Waals surface area contributed by atoms with Gasteiger partial charge in [-0.15, -0.1) is 0 Å². The molecule has 0 amide bonds. The summed E-state index contributed by atoms with van der Waals surface area (Å²) in [4.78, 5) is 12.4. The van der Waals surface area contributed by atoms with Crippen LogP contribution in [0.3, 0.4) is 0 Å². The highest BCUT2D eigenvalue weighted by molar-refractivity contribution is 5.83. The summed E-state index contributed by atoms with van der Waals surface area (Å²) in [6, 6.07) is 0. The monoisotopic (exact) mass is 364 g/mol. The maximum Gasteiger partial charge on any atom is 0.161 e. The molecule has 0 aromatic heterocycles. The molecule has 0 radical (unpaired) electrons. The first kappa shape index (κ1) is 18.9. The molecule has 0 aliphatic heterocycles. The zero-order chi connectivity index (χ0) is 18.9. The lowest BCUT2D eigenvalue weighted by Gasteiger charge is -2.66. The second-order valence-corrected chi connectivity index (χ2v) is 10.7. The van der Waals surface area contributed by atoms with Gasteiger partial charge in [0.25, 0.3) is 0 Å². The lowest BCUT2D eigenvalue weighted by atomic mass is 9.39. The SMILES string of the molecule is C[C@]12C[C@H](O)[C@H]3[C@@H](CC[C@@]4(C)C[C@H](O)CC[C@]34C)[C@@H]1CC[C@@H]2C(=O)CO. The first-order valence-corrected chi connectivity index (χ1v) is 10.7. The third kappa shape index (κ3) is 2.34. The number of Topliss-reactive ketones (excluding diaryl/α,β-unsaturated/α-hetero) is 1.